The minimum absolute atomic E-state index is 0.946. The number of hydrogen-bond donors (Lipinski definition) is 0. The van der Waals surface area contributed by atoms with Gasteiger partial charge in [0.2, 0.25) is 0 Å². The van der Waals surface area contributed by atoms with Crippen LogP contribution in [-0.4, -0.2) is 15.0 Å². The maximum Gasteiger partial charge on any atom is 0.143 e. The number of pyridine rings is 3. The van der Waals surface area contributed by atoms with E-state index in [0.29, 0.717) is 0 Å². The normalized spacial score (nSPS) is 10.6. The minimum atomic E-state index is 0.946. The van der Waals surface area contributed by atoms with Gasteiger partial charge in [0.05, 0.1) is 17.1 Å². The van der Waals surface area contributed by atoms with Gasteiger partial charge in [0.15, 0.2) is 0 Å². The standard InChI is InChI=1S/C19H14O.C19H14S.2C18H15N.C6H7N/c2*1-13-9-11-14(12-10-13)15-6-4-7-17-16-5-2-3-8-18(16)20-19(15)17;1-14-12-17(15-8-4-2-5-9-15)13-18(19-14)16-10-6-3-7-11-16;1-14-12-17(15-8-4-2-5-9-15)19-18(13-14)16-10-6-3-7-11-16;1-6-2-4-7-5-3-6/h2*2-12H,1H3;2*2-13H,1H3;2-5H,1H3. The molecule has 0 fully saturated rings. The summed E-state index contributed by atoms with van der Waals surface area (Å²) in [5.41, 5.74) is 22.0. The second kappa shape index (κ2) is 27.2. The number of fused-ring (bicyclic) bond motifs is 6. The Kier molecular flexibility index (Phi) is 18.1. The number of aryl methyl sites for hydroxylation is 5. The molecule has 0 amide bonds. The lowest BCUT2D eigenvalue weighted by Crippen LogP contribution is -1.89. The summed E-state index contributed by atoms with van der Waals surface area (Å²) in [6.45, 7) is 10.4. The fraction of sp³-hybridized carbons (Fsp3) is 0.0625. The zero-order valence-electron chi connectivity index (χ0n) is 48.5. The molecule has 85 heavy (non-hydrogen) atoms. The van der Waals surface area contributed by atoms with Gasteiger partial charge in [0.1, 0.15) is 11.2 Å². The van der Waals surface area contributed by atoms with Crippen molar-refractivity contribution in [2.45, 2.75) is 34.6 Å². The highest BCUT2D eigenvalue weighted by Gasteiger charge is 2.13. The second-order valence-corrected chi connectivity index (χ2v) is 22.1. The number of thiophene rings is 1. The molecular formula is C80H65N3OS. The molecule has 0 saturated heterocycles. The smallest absolute Gasteiger partial charge is 0.143 e. The number of furan rings is 1. The van der Waals surface area contributed by atoms with E-state index in [2.05, 4.69) is 237 Å². The van der Waals surface area contributed by atoms with Crippen LogP contribution in [0.2, 0.25) is 0 Å². The van der Waals surface area contributed by atoms with Crippen LogP contribution in [0.4, 0.5) is 0 Å². The summed E-state index contributed by atoms with van der Waals surface area (Å²) in [7, 11) is 0. The molecule has 0 atom stereocenters. The van der Waals surface area contributed by atoms with E-state index in [9.17, 15) is 0 Å². The van der Waals surface area contributed by atoms with Crippen LogP contribution in [0.3, 0.4) is 0 Å². The van der Waals surface area contributed by atoms with Crippen LogP contribution in [0.15, 0.2) is 308 Å². The highest BCUT2D eigenvalue weighted by Crippen LogP contribution is 2.40. The Morgan fingerprint density at radius 2 is 0.741 bits per heavy atom. The molecule has 0 spiro atoms. The van der Waals surface area contributed by atoms with Crippen molar-refractivity contribution in [3.05, 3.63) is 332 Å². The van der Waals surface area contributed by atoms with Gasteiger partial charge in [-0.1, -0.05) is 254 Å². The van der Waals surface area contributed by atoms with Crippen molar-refractivity contribution >= 4 is 53.4 Å². The number of rotatable bonds is 6. The van der Waals surface area contributed by atoms with Crippen LogP contribution in [0.1, 0.15) is 27.9 Å². The minimum Gasteiger partial charge on any atom is -0.455 e. The van der Waals surface area contributed by atoms with Gasteiger partial charge in [0.25, 0.3) is 0 Å². The fourth-order valence-electron chi connectivity index (χ4n) is 10.2. The molecular weight excluding hydrogens is 1050 g/mol. The van der Waals surface area contributed by atoms with Gasteiger partial charge in [0, 0.05) is 71.3 Å². The van der Waals surface area contributed by atoms with Crippen molar-refractivity contribution in [1.82, 2.24) is 15.0 Å². The van der Waals surface area contributed by atoms with Crippen molar-refractivity contribution in [3.63, 3.8) is 0 Å². The van der Waals surface area contributed by atoms with Crippen LogP contribution in [0.5, 0.6) is 0 Å². The Hall–Kier alpha value is -10.3. The average molecular weight is 1120 g/mol. The largest absolute Gasteiger partial charge is 0.455 e. The molecule has 412 valence electrons. The Morgan fingerprint density at radius 3 is 1.29 bits per heavy atom. The van der Waals surface area contributed by atoms with Gasteiger partial charge in [-0.15, -0.1) is 11.3 Å². The molecule has 0 aliphatic heterocycles. The number of para-hydroxylation sites is 2. The third-order valence-corrected chi connectivity index (χ3v) is 15.8. The molecule has 0 radical (unpaired) electrons. The van der Waals surface area contributed by atoms with Crippen molar-refractivity contribution in [2.24, 2.45) is 0 Å². The molecule has 15 rings (SSSR count). The van der Waals surface area contributed by atoms with Gasteiger partial charge in [-0.25, -0.2) is 4.98 Å². The van der Waals surface area contributed by atoms with Crippen molar-refractivity contribution in [1.29, 1.82) is 0 Å². The Morgan fingerprint density at radius 1 is 0.294 bits per heavy atom. The maximum atomic E-state index is 6.07. The Bertz CT molecular complexity index is 4200. The van der Waals surface area contributed by atoms with E-state index in [1.54, 1.807) is 12.4 Å². The highest BCUT2D eigenvalue weighted by atomic mass is 32.1. The van der Waals surface area contributed by atoms with E-state index in [-0.39, 0.29) is 0 Å². The van der Waals surface area contributed by atoms with E-state index < -0.39 is 0 Å². The first kappa shape index (κ1) is 56.5. The molecule has 0 aliphatic carbocycles. The highest BCUT2D eigenvalue weighted by molar-refractivity contribution is 7.26. The molecule has 0 bridgehead atoms. The third-order valence-electron chi connectivity index (χ3n) is 14.6. The van der Waals surface area contributed by atoms with Gasteiger partial charge in [-0.3, -0.25) is 9.97 Å². The average Bonchev–Trinajstić information content (AvgIpc) is 4.16. The van der Waals surface area contributed by atoms with E-state index in [1.807, 2.05) is 110 Å². The van der Waals surface area contributed by atoms with E-state index in [4.69, 9.17) is 9.40 Å². The molecule has 5 heteroatoms. The van der Waals surface area contributed by atoms with E-state index in [0.717, 1.165) is 56.2 Å². The first-order chi connectivity index (χ1) is 41.7. The second-order valence-electron chi connectivity index (χ2n) is 21.1. The predicted molar refractivity (Wildman–Crippen MR) is 362 cm³/mol. The SMILES string of the molecule is Cc1cc(-c2ccccc2)cc(-c2ccccc2)n1.Cc1cc(-c2ccccc2)nc(-c2ccccc2)c1.Cc1ccc(-c2cccc3c2oc2ccccc23)cc1.Cc1ccc(-c2cccc3c2sc2ccccc23)cc1.Cc1ccncc1. The number of benzene rings is 10. The monoisotopic (exact) mass is 1120 g/mol. The number of hydrogen-bond acceptors (Lipinski definition) is 5. The maximum absolute atomic E-state index is 6.07. The summed E-state index contributed by atoms with van der Waals surface area (Å²) in [4.78, 5) is 13.2. The first-order valence-electron chi connectivity index (χ1n) is 28.7. The third kappa shape index (κ3) is 14.1. The lowest BCUT2D eigenvalue weighted by Gasteiger charge is -2.07. The molecule has 15 aromatic rings. The molecule has 10 aromatic carbocycles. The molecule has 0 N–H and O–H groups in total. The van der Waals surface area contributed by atoms with Crippen LogP contribution in [-0.2, 0) is 0 Å². The van der Waals surface area contributed by atoms with Gasteiger partial charge in [-0.2, -0.15) is 0 Å². The molecule has 0 saturated carbocycles. The van der Waals surface area contributed by atoms with Crippen LogP contribution in [0, 0.1) is 34.6 Å². The molecule has 0 unspecified atom stereocenters. The number of aromatic nitrogens is 3. The van der Waals surface area contributed by atoms with E-state index >= 15 is 0 Å². The fourth-order valence-corrected chi connectivity index (χ4v) is 11.5. The number of nitrogens with zero attached hydrogens (tertiary/aromatic N) is 3. The summed E-state index contributed by atoms with van der Waals surface area (Å²) in [5.74, 6) is 0. The van der Waals surface area contributed by atoms with Crippen LogP contribution >= 0.6 is 11.3 Å². The van der Waals surface area contributed by atoms with Crippen molar-refractivity contribution < 1.29 is 4.42 Å². The summed E-state index contributed by atoms with van der Waals surface area (Å²) >= 11 is 1.89. The van der Waals surface area contributed by atoms with Gasteiger partial charge in [-0.05, 0) is 122 Å². The Balaban J connectivity index is 0.000000114. The van der Waals surface area contributed by atoms with Gasteiger partial charge < -0.3 is 4.42 Å². The summed E-state index contributed by atoms with van der Waals surface area (Å²) in [6.07, 6.45) is 3.57. The Labute approximate surface area is 503 Å². The van der Waals surface area contributed by atoms with E-state index in [1.165, 1.54) is 81.0 Å². The molecule has 5 aromatic heterocycles. The summed E-state index contributed by atoms with van der Waals surface area (Å²) < 4.78 is 8.82. The molecule has 5 heterocycles. The van der Waals surface area contributed by atoms with Crippen LogP contribution < -0.4 is 0 Å². The zero-order valence-corrected chi connectivity index (χ0v) is 49.3. The summed E-state index contributed by atoms with van der Waals surface area (Å²) in [5, 5.41) is 5.08. The molecule has 4 nitrogen and oxygen atoms in total. The quantitative estimate of drug-likeness (QED) is 0.166. The van der Waals surface area contributed by atoms with Gasteiger partial charge >= 0.3 is 0 Å². The zero-order chi connectivity index (χ0) is 58.3. The van der Waals surface area contributed by atoms with Crippen molar-refractivity contribution in [2.75, 3.05) is 0 Å². The molecule has 0 aliphatic rings. The van der Waals surface area contributed by atoms with Crippen molar-refractivity contribution in [3.8, 4) is 67.2 Å². The lowest BCUT2D eigenvalue weighted by atomic mass is 10.0. The predicted octanol–water partition coefficient (Wildman–Crippen LogP) is 22.4. The topological polar surface area (TPSA) is 51.8 Å². The van der Waals surface area contributed by atoms with Crippen LogP contribution in [0.25, 0.3) is 109 Å². The lowest BCUT2D eigenvalue weighted by molar-refractivity contribution is 0.670. The first-order valence-corrected chi connectivity index (χ1v) is 29.5. The summed E-state index contributed by atoms with van der Waals surface area (Å²) in [6, 6.07) is 101.